The second-order valence-electron chi connectivity index (χ2n) is 7.91. The predicted octanol–water partition coefficient (Wildman–Crippen LogP) is 4.52. The quantitative estimate of drug-likeness (QED) is 0.356. The van der Waals surface area contributed by atoms with Gasteiger partial charge in [-0.3, -0.25) is 9.89 Å². The summed E-state index contributed by atoms with van der Waals surface area (Å²) in [6.45, 7) is 4.03. The molecule has 0 aliphatic heterocycles. The monoisotopic (exact) mass is 466 g/mol. The zero-order valence-corrected chi connectivity index (χ0v) is 19.1. The number of carbonyl (C=O) groups is 2. The Morgan fingerprint density at radius 1 is 1.06 bits per heavy atom. The van der Waals surface area contributed by atoms with Crippen LogP contribution in [0.5, 0.6) is 0 Å². The molecule has 0 aliphatic carbocycles. The normalized spacial score (nSPS) is 10.9. The second-order valence-corrected chi connectivity index (χ2v) is 7.91. The summed E-state index contributed by atoms with van der Waals surface area (Å²) in [7, 11) is 0. The lowest BCUT2D eigenvalue weighted by Gasteiger charge is -2.08. The number of nitrogens with one attached hydrogen (secondary N) is 2. The third kappa shape index (κ3) is 4.39. The largest absolute Gasteiger partial charge is 0.462 e. The van der Waals surface area contributed by atoms with Crippen molar-refractivity contribution in [2.24, 2.45) is 0 Å². The lowest BCUT2D eigenvalue weighted by atomic mass is 10.1. The Morgan fingerprint density at radius 2 is 1.89 bits per heavy atom. The van der Waals surface area contributed by atoms with Crippen molar-refractivity contribution in [1.29, 1.82) is 0 Å². The number of anilines is 1. The standard InChI is InChI=1S/C26H22N6O3/c1-3-35-26(34)20-15-28-32-23(11-12-27-24(20)32)18-5-4-6-19(13-18)29-25(33)22-14-21(30-31-22)17-9-7-16(2)8-10-17/h4-15H,3H2,1-2H3,(H,29,33)(H,30,31). The Bertz CT molecular complexity index is 1530. The van der Waals surface area contributed by atoms with E-state index in [9.17, 15) is 9.59 Å². The van der Waals surface area contributed by atoms with Gasteiger partial charge in [-0.15, -0.1) is 0 Å². The molecule has 0 radical (unpaired) electrons. The second kappa shape index (κ2) is 9.22. The lowest BCUT2D eigenvalue weighted by molar-refractivity contribution is 0.0528. The molecule has 3 aromatic heterocycles. The van der Waals surface area contributed by atoms with Gasteiger partial charge >= 0.3 is 5.97 Å². The van der Waals surface area contributed by atoms with Crippen molar-refractivity contribution >= 4 is 23.2 Å². The van der Waals surface area contributed by atoms with Crippen LogP contribution >= 0.6 is 0 Å². The fourth-order valence-electron chi connectivity index (χ4n) is 3.73. The number of rotatable bonds is 6. The van der Waals surface area contributed by atoms with Crippen molar-refractivity contribution < 1.29 is 14.3 Å². The number of aromatic nitrogens is 5. The van der Waals surface area contributed by atoms with Crippen LogP contribution in [0.15, 0.2) is 73.1 Å². The van der Waals surface area contributed by atoms with Crippen molar-refractivity contribution in [3.8, 4) is 22.5 Å². The Morgan fingerprint density at radius 3 is 2.69 bits per heavy atom. The number of nitrogens with zero attached hydrogens (tertiary/aromatic N) is 4. The number of esters is 1. The first-order chi connectivity index (χ1) is 17.0. The number of amides is 1. The summed E-state index contributed by atoms with van der Waals surface area (Å²) in [6.07, 6.45) is 3.05. The van der Waals surface area contributed by atoms with Crippen molar-refractivity contribution in [2.45, 2.75) is 13.8 Å². The van der Waals surface area contributed by atoms with Gasteiger partial charge in [-0.1, -0.05) is 42.0 Å². The zero-order chi connectivity index (χ0) is 24.4. The van der Waals surface area contributed by atoms with Crippen LogP contribution in [0, 0.1) is 6.92 Å². The van der Waals surface area contributed by atoms with Crippen LogP contribution in [0.2, 0.25) is 0 Å². The highest BCUT2D eigenvalue weighted by molar-refractivity contribution is 6.03. The molecule has 3 heterocycles. The maximum atomic E-state index is 12.9. The van der Waals surface area contributed by atoms with E-state index in [2.05, 4.69) is 25.6 Å². The van der Waals surface area contributed by atoms with E-state index in [-0.39, 0.29) is 12.5 Å². The molecule has 0 saturated carbocycles. The molecule has 0 fully saturated rings. The van der Waals surface area contributed by atoms with Gasteiger partial charge in [-0.25, -0.2) is 14.3 Å². The summed E-state index contributed by atoms with van der Waals surface area (Å²) in [4.78, 5) is 29.4. The SMILES string of the molecule is CCOC(=O)c1cnn2c(-c3cccc(NC(=O)c4cc(-c5ccc(C)cc5)n[nH]4)c3)ccnc12. The number of aryl methyl sites for hydroxylation is 1. The van der Waals surface area contributed by atoms with Crippen LogP contribution in [0.3, 0.4) is 0 Å². The maximum Gasteiger partial charge on any atom is 0.343 e. The summed E-state index contributed by atoms with van der Waals surface area (Å²) >= 11 is 0. The average Bonchev–Trinajstić information content (AvgIpc) is 3.53. The van der Waals surface area contributed by atoms with E-state index in [0.717, 1.165) is 16.7 Å². The van der Waals surface area contributed by atoms with Gasteiger partial charge in [-0.2, -0.15) is 10.2 Å². The van der Waals surface area contributed by atoms with Crippen LogP contribution < -0.4 is 5.32 Å². The smallest absolute Gasteiger partial charge is 0.343 e. The Labute approximate surface area is 200 Å². The highest BCUT2D eigenvalue weighted by Gasteiger charge is 2.17. The number of ether oxygens (including phenoxy) is 1. The fraction of sp³-hybridized carbons (Fsp3) is 0.115. The van der Waals surface area contributed by atoms with Gasteiger partial charge in [0.1, 0.15) is 11.3 Å². The van der Waals surface area contributed by atoms with E-state index >= 15 is 0 Å². The number of hydrogen-bond acceptors (Lipinski definition) is 6. The molecule has 0 atom stereocenters. The number of fused-ring (bicyclic) bond motifs is 1. The molecule has 5 aromatic rings. The minimum Gasteiger partial charge on any atom is -0.462 e. The molecule has 9 nitrogen and oxygen atoms in total. The minimum absolute atomic E-state index is 0.264. The summed E-state index contributed by atoms with van der Waals surface area (Å²) in [5, 5.41) is 14.3. The topological polar surface area (TPSA) is 114 Å². The van der Waals surface area contributed by atoms with Crippen LogP contribution in [0.1, 0.15) is 33.3 Å². The van der Waals surface area contributed by atoms with E-state index < -0.39 is 5.97 Å². The molecule has 35 heavy (non-hydrogen) atoms. The minimum atomic E-state index is -0.474. The molecule has 5 rings (SSSR count). The number of H-pyrrole nitrogens is 1. The van der Waals surface area contributed by atoms with Gasteiger partial charge in [0.25, 0.3) is 5.91 Å². The molecule has 1 amide bonds. The van der Waals surface area contributed by atoms with E-state index in [0.29, 0.717) is 34.0 Å². The first-order valence-electron chi connectivity index (χ1n) is 11.1. The Kier molecular flexibility index (Phi) is 5.80. The molecule has 0 unspecified atom stereocenters. The van der Waals surface area contributed by atoms with Gasteiger partial charge in [0.05, 0.1) is 24.2 Å². The highest BCUT2D eigenvalue weighted by atomic mass is 16.5. The van der Waals surface area contributed by atoms with E-state index in [1.54, 1.807) is 35.8 Å². The molecule has 0 saturated heterocycles. The fourth-order valence-corrected chi connectivity index (χ4v) is 3.73. The summed E-state index contributed by atoms with van der Waals surface area (Å²) in [6, 6.07) is 18.8. The van der Waals surface area contributed by atoms with Gasteiger partial charge in [0, 0.05) is 23.0 Å². The Balaban J connectivity index is 1.39. The number of aromatic amines is 1. The van der Waals surface area contributed by atoms with Crippen molar-refractivity contribution in [3.63, 3.8) is 0 Å². The summed E-state index contributed by atoms with van der Waals surface area (Å²) < 4.78 is 6.67. The third-order valence-corrected chi connectivity index (χ3v) is 5.48. The molecule has 174 valence electrons. The zero-order valence-electron chi connectivity index (χ0n) is 19.1. The molecule has 9 heteroatoms. The van der Waals surface area contributed by atoms with Gasteiger partial charge in [0.15, 0.2) is 5.65 Å². The van der Waals surface area contributed by atoms with E-state index in [1.165, 1.54) is 6.20 Å². The summed E-state index contributed by atoms with van der Waals surface area (Å²) in [5.41, 5.74) is 5.92. The molecule has 0 bridgehead atoms. The molecule has 2 aromatic carbocycles. The van der Waals surface area contributed by atoms with Crippen LogP contribution in [0.4, 0.5) is 5.69 Å². The first kappa shape index (κ1) is 22.0. The third-order valence-electron chi connectivity index (χ3n) is 5.48. The summed E-state index contributed by atoms with van der Waals surface area (Å²) in [5.74, 6) is -0.783. The van der Waals surface area contributed by atoms with Gasteiger partial charge in [-0.05, 0) is 38.1 Å². The van der Waals surface area contributed by atoms with Gasteiger partial charge in [0.2, 0.25) is 0 Å². The number of carbonyl (C=O) groups excluding carboxylic acids is 2. The van der Waals surface area contributed by atoms with Crippen molar-refractivity contribution in [1.82, 2.24) is 24.8 Å². The maximum absolute atomic E-state index is 12.9. The molecule has 2 N–H and O–H groups in total. The molecule has 0 aliphatic rings. The highest BCUT2D eigenvalue weighted by Crippen LogP contribution is 2.25. The van der Waals surface area contributed by atoms with Crippen LogP contribution in [-0.4, -0.2) is 43.3 Å². The Hall–Kier alpha value is -4.79. The van der Waals surface area contributed by atoms with E-state index in [4.69, 9.17) is 4.74 Å². The molecular formula is C26H22N6O3. The van der Waals surface area contributed by atoms with E-state index in [1.807, 2.05) is 49.4 Å². The van der Waals surface area contributed by atoms with Crippen molar-refractivity contribution in [2.75, 3.05) is 11.9 Å². The predicted molar refractivity (Wildman–Crippen MR) is 131 cm³/mol. The molecule has 0 spiro atoms. The molecular weight excluding hydrogens is 444 g/mol. The van der Waals surface area contributed by atoms with Crippen molar-refractivity contribution in [3.05, 3.63) is 89.9 Å². The van der Waals surface area contributed by atoms with Gasteiger partial charge < -0.3 is 10.1 Å². The van der Waals surface area contributed by atoms with Crippen LogP contribution in [-0.2, 0) is 4.74 Å². The number of benzene rings is 2. The number of hydrogen-bond donors (Lipinski definition) is 2. The van der Waals surface area contributed by atoms with Crippen LogP contribution in [0.25, 0.3) is 28.2 Å². The average molecular weight is 467 g/mol. The lowest BCUT2D eigenvalue weighted by Crippen LogP contribution is -2.12. The first-order valence-corrected chi connectivity index (χ1v) is 11.1.